The van der Waals surface area contributed by atoms with E-state index in [9.17, 15) is 18.4 Å². The van der Waals surface area contributed by atoms with Crippen LogP contribution in [-0.4, -0.2) is 11.6 Å². The first kappa shape index (κ1) is 15.3. The number of hydrogen-bond acceptors (Lipinski definition) is 2. The molecule has 2 aliphatic rings. The van der Waals surface area contributed by atoms with Crippen LogP contribution in [0.25, 0.3) is 0 Å². The summed E-state index contributed by atoms with van der Waals surface area (Å²) in [6, 6.07) is 0. The van der Waals surface area contributed by atoms with Crippen LogP contribution in [0.1, 0.15) is 71.4 Å². The van der Waals surface area contributed by atoms with Gasteiger partial charge in [0.1, 0.15) is 0 Å². The van der Waals surface area contributed by atoms with Crippen LogP contribution < -0.4 is 0 Å². The lowest BCUT2D eigenvalue weighted by molar-refractivity contribution is 0.0914. The SMILES string of the molecule is CCCC1Cc2c3c(c(F)c(F)c2C1=O)C(=O)C(CCC)C3. The fourth-order valence-corrected chi connectivity index (χ4v) is 4.00. The van der Waals surface area contributed by atoms with Gasteiger partial charge in [0.05, 0.1) is 11.1 Å². The third kappa shape index (κ3) is 2.03. The molecule has 0 radical (unpaired) electrons. The lowest BCUT2D eigenvalue weighted by Crippen LogP contribution is -2.12. The minimum absolute atomic E-state index is 0.0837. The highest BCUT2D eigenvalue weighted by molar-refractivity contribution is 6.08. The molecule has 0 aliphatic heterocycles. The molecule has 0 aromatic heterocycles. The van der Waals surface area contributed by atoms with Gasteiger partial charge >= 0.3 is 0 Å². The molecule has 2 aliphatic carbocycles. The van der Waals surface area contributed by atoms with Crippen molar-refractivity contribution in [3.05, 3.63) is 33.9 Å². The van der Waals surface area contributed by atoms with Crippen molar-refractivity contribution < 1.29 is 18.4 Å². The molecule has 0 saturated heterocycles. The summed E-state index contributed by atoms with van der Waals surface area (Å²) in [4.78, 5) is 24.7. The third-order valence-corrected chi connectivity index (χ3v) is 5.01. The normalized spacial score (nSPS) is 23.1. The van der Waals surface area contributed by atoms with Gasteiger partial charge in [-0.2, -0.15) is 0 Å². The van der Waals surface area contributed by atoms with Crippen LogP contribution in [0.3, 0.4) is 0 Å². The largest absolute Gasteiger partial charge is 0.294 e. The molecule has 2 nitrogen and oxygen atoms in total. The van der Waals surface area contributed by atoms with Crippen molar-refractivity contribution in [1.82, 2.24) is 0 Å². The van der Waals surface area contributed by atoms with Crippen molar-refractivity contribution in [2.24, 2.45) is 11.8 Å². The van der Waals surface area contributed by atoms with Crippen LogP contribution in [0.5, 0.6) is 0 Å². The molecule has 0 amide bonds. The Kier molecular flexibility index (Phi) is 3.87. The van der Waals surface area contributed by atoms with Crippen molar-refractivity contribution in [2.45, 2.75) is 52.4 Å². The highest BCUT2D eigenvalue weighted by Crippen LogP contribution is 2.42. The molecule has 22 heavy (non-hydrogen) atoms. The molecular formula is C18H20F2O2. The third-order valence-electron chi connectivity index (χ3n) is 5.01. The maximum atomic E-state index is 14.4. The van der Waals surface area contributed by atoms with Gasteiger partial charge in [-0.25, -0.2) is 8.78 Å². The number of carbonyl (C=O) groups is 2. The highest BCUT2D eigenvalue weighted by Gasteiger charge is 2.43. The van der Waals surface area contributed by atoms with E-state index in [1.807, 2.05) is 13.8 Å². The molecule has 2 atom stereocenters. The van der Waals surface area contributed by atoms with Gasteiger partial charge in [-0.15, -0.1) is 0 Å². The summed E-state index contributed by atoms with van der Waals surface area (Å²) in [6.45, 7) is 3.94. The lowest BCUT2D eigenvalue weighted by Gasteiger charge is -2.08. The summed E-state index contributed by atoms with van der Waals surface area (Å²) in [5.41, 5.74) is 1.04. The van der Waals surface area contributed by atoms with Gasteiger partial charge in [-0.3, -0.25) is 9.59 Å². The first-order valence-corrected chi connectivity index (χ1v) is 8.12. The zero-order valence-electron chi connectivity index (χ0n) is 13.0. The lowest BCUT2D eigenvalue weighted by atomic mass is 9.96. The molecule has 3 rings (SSSR count). The second-order valence-corrected chi connectivity index (χ2v) is 6.44. The molecule has 0 bridgehead atoms. The zero-order valence-corrected chi connectivity index (χ0v) is 13.0. The number of carbonyl (C=O) groups excluding carboxylic acids is 2. The zero-order chi connectivity index (χ0) is 16.0. The van der Waals surface area contributed by atoms with E-state index in [4.69, 9.17) is 0 Å². The fraction of sp³-hybridized carbons (Fsp3) is 0.556. The molecule has 1 aromatic carbocycles. The molecule has 0 saturated carbocycles. The van der Waals surface area contributed by atoms with Crippen molar-refractivity contribution in [2.75, 3.05) is 0 Å². The van der Waals surface area contributed by atoms with Crippen molar-refractivity contribution in [3.63, 3.8) is 0 Å². The van der Waals surface area contributed by atoms with Gasteiger partial charge in [0.2, 0.25) is 0 Å². The first-order valence-electron chi connectivity index (χ1n) is 8.12. The monoisotopic (exact) mass is 306 g/mol. The molecule has 1 aromatic rings. The van der Waals surface area contributed by atoms with Crippen molar-refractivity contribution >= 4 is 11.6 Å². The van der Waals surface area contributed by atoms with Crippen LogP contribution >= 0.6 is 0 Å². The van der Waals surface area contributed by atoms with Crippen LogP contribution in [0, 0.1) is 23.5 Å². The number of hydrogen-bond donors (Lipinski definition) is 0. The van der Waals surface area contributed by atoms with E-state index in [1.165, 1.54) is 0 Å². The van der Waals surface area contributed by atoms with Crippen molar-refractivity contribution in [3.8, 4) is 0 Å². The number of ketones is 2. The predicted octanol–water partition coefficient (Wildman–Crippen LogP) is 4.28. The summed E-state index contributed by atoms with van der Waals surface area (Å²) in [6.07, 6.45) is 3.91. The summed E-state index contributed by atoms with van der Waals surface area (Å²) >= 11 is 0. The number of rotatable bonds is 4. The highest BCUT2D eigenvalue weighted by atomic mass is 19.2. The van der Waals surface area contributed by atoms with Gasteiger partial charge in [-0.1, -0.05) is 26.7 Å². The maximum absolute atomic E-state index is 14.4. The van der Waals surface area contributed by atoms with E-state index in [0.29, 0.717) is 36.8 Å². The minimum atomic E-state index is -1.11. The number of fused-ring (bicyclic) bond motifs is 3. The second-order valence-electron chi connectivity index (χ2n) is 6.44. The maximum Gasteiger partial charge on any atom is 0.170 e. The molecule has 0 N–H and O–H groups in total. The van der Waals surface area contributed by atoms with E-state index >= 15 is 0 Å². The number of halogens is 2. The van der Waals surface area contributed by atoms with Crippen molar-refractivity contribution in [1.29, 1.82) is 0 Å². The molecular weight excluding hydrogens is 286 g/mol. The van der Waals surface area contributed by atoms with Gasteiger partial charge in [0.15, 0.2) is 23.2 Å². The van der Waals surface area contributed by atoms with Gasteiger partial charge < -0.3 is 0 Å². The Morgan fingerprint density at radius 3 is 1.50 bits per heavy atom. The summed E-state index contributed by atoms with van der Waals surface area (Å²) in [5, 5.41) is 0. The van der Waals surface area contributed by atoms with E-state index in [0.717, 1.165) is 12.8 Å². The fourth-order valence-electron chi connectivity index (χ4n) is 4.00. The Balaban J connectivity index is 2.12. The Bertz CT molecular complexity index is 607. The van der Waals surface area contributed by atoms with E-state index < -0.39 is 11.6 Å². The summed E-state index contributed by atoms with van der Waals surface area (Å²) in [5.74, 6) is -3.32. The number of Topliss-reactive ketones (excluding diaryl/α,β-unsaturated/α-hetero) is 2. The average molecular weight is 306 g/mol. The van der Waals surface area contributed by atoms with E-state index in [-0.39, 0.29) is 34.5 Å². The van der Waals surface area contributed by atoms with Gasteiger partial charge in [-0.05, 0) is 36.8 Å². The standard InChI is InChI=1S/C18H20F2O2/c1-3-5-9-7-11-12-8-10(6-4-2)18(22)14(12)16(20)15(19)13(11)17(9)21/h9-10H,3-8H2,1-2H3. The Hall–Kier alpha value is -1.58. The Morgan fingerprint density at radius 1 is 0.818 bits per heavy atom. The van der Waals surface area contributed by atoms with Crippen LogP contribution in [0.4, 0.5) is 8.78 Å². The van der Waals surface area contributed by atoms with Gasteiger partial charge in [0, 0.05) is 11.8 Å². The quantitative estimate of drug-likeness (QED) is 0.832. The molecule has 4 heteroatoms. The molecule has 2 unspecified atom stereocenters. The first-order chi connectivity index (χ1) is 10.5. The second kappa shape index (κ2) is 5.56. The molecule has 0 spiro atoms. The molecule has 0 fully saturated rings. The average Bonchev–Trinajstić information content (AvgIpc) is 2.97. The van der Waals surface area contributed by atoms with Crippen LogP contribution in [-0.2, 0) is 12.8 Å². The van der Waals surface area contributed by atoms with E-state index in [2.05, 4.69) is 0 Å². The Labute approximate surface area is 128 Å². The van der Waals surface area contributed by atoms with Crippen LogP contribution in [0.15, 0.2) is 0 Å². The molecule has 118 valence electrons. The minimum Gasteiger partial charge on any atom is -0.294 e. The molecule has 0 heterocycles. The summed E-state index contributed by atoms with van der Waals surface area (Å²) in [7, 11) is 0. The smallest absolute Gasteiger partial charge is 0.170 e. The predicted molar refractivity (Wildman–Crippen MR) is 79.2 cm³/mol. The van der Waals surface area contributed by atoms with E-state index in [1.54, 1.807) is 0 Å². The van der Waals surface area contributed by atoms with Gasteiger partial charge in [0.25, 0.3) is 0 Å². The topological polar surface area (TPSA) is 34.1 Å². The van der Waals surface area contributed by atoms with Crippen LogP contribution in [0.2, 0.25) is 0 Å². The summed E-state index contributed by atoms with van der Waals surface area (Å²) < 4.78 is 28.7. The number of benzene rings is 1. The Morgan fingerprint density at radius 2 is 1.18 bits per heavy atom.